The van der Waals surface area contributed by atoms with Gasteiger partial charge in [0.2, 0.25) is 0 Å². The summed E-state index contributed by atoms with van der Waals surface area (Å²) in [6.07, 6.45) is 3.47. The first-order chi connectivity index (χ1) is 14.4. The third-order valence-electron chi connectivity index (χ3n) is 4.40. The summed E-state index contributed by atoms with van der Waals surface area (Å²) in [7, 11) is 0. The standard InChI is InChI=1S/C21H12BrN3O5/c22-18-12-14(24(26)27)6-10-16(18)21-11-8-15(30-21)7-4-13-5-9-17-19(23-13)2-1-3-20(17)25(28)29/h1-12H. The number of aromatic nitrogens is 1. The third-order valence-corrected chi connectivity index (χ3v) is 5.06. The van der Waals surface area contributed by atoms with Crippen molar-refractivity contribution in [2.75, 3.05) is 0 Å². The maximum Gasteiger partial charge on any atom is 0.278 e. The summed E-state index contributed by atoms with van der Waals surface area (Å²) in [5, 5.41) is 22.5. The Morgan fingerprint density at radius 3 is 2.50 bits per heavy atom. The highest BCUT2D eigenvalue weighted by Crippen LogP contribution is 2.33. The summed E-state index contributed by atoms with van der Waals surface area (Å²) >= 11 is 3.34. The molecule has 30 heavy (non-hydrogen) atoms. The van der Waals surface area contributed by atoms with Crippen LogP contribution in [0.3, 0.4) is 0 Å². The van der Waals surface area contributed by atoms with Gasteiger partial charge in [0.15, 0.2) is 0 Å². The van der Waals surface area contributed by atoms with Crippen LogP contribution in [0.4, 0.5) is 11.4 Å². The molecule has 9 heteroatoms. The average molecular weight is 466 g/mol. The number of pyridine rings is 1. The van der Waals surface area contributed by atoms with Crippen molar-refractivity contribution in [1.29, 1.82) is 0 Å². The van der Waals surface area contributed by atoms with Gasteiger partial charge < -0.3 is 4.42 Å². The van der Waals surface area contributed by atoms with E-state index in [4.69, 9.17) is 4.42 Å². The number of benzene rings is 2. The van der Waals surface area contributed by atoms with Crippen LogP contribution in [-0.2, 0) is 0 Å². The van der Waals surface area contributed by atoms with E-state index < -0.39 is 9.85 Å². The normalized spacial score (nSPS) is 11.2. The van der Waals surface area contributed by atoms with E-state index in [0.29, 0.717) is 38.2 Å². The van der Waals surface area contributed by atoms with Crippen molar-refractivity contribution < 1.29 is 14.3 Å². The number of nitro benzene ring substituents is 2. The number of furan rings is 1. The van der Waals surface area contributed by atoms with E-state index in [9.17, 15) is 20.2 Å². The number of non-ortho nitro benzene ring substituents is 2. The molecule has 2 heterocycles. The summed E-state index contributed by atoms with van der Waals surface area (Å²) in [5.41, 5.74) is 1.84. The van der Waals surface area contributed by atoms with Gasteiger partial charge in [-0.1, -0.05) is 6.07 Å². The summed E-state index contributed by atoms with van der Waals surface area (Å²) < 4.78 is 6.36. The predicted octanol–water partition coefficient (Wildman–Crippen LogP) is 6.24. The highest BCUT2D eigenvalue weighted by molar-refractivity contribution is 9.10. The molecule has 0 radical (unpaired) electrons. The Kier molecular flexibility index (Phi) is 5.11. The van der Waals surface area contributed by atoms with Gasteiger partial charge in [-0.3, -0.25) is 20.2 Å². The van der Waals surface area contributed by atoms with E-state index in [0.717, 1.165) is 0 Å². The van der Waals surface area contributed by atoms with Gasteiger partial charge >= 0.3 is 0 Å². The number of hydrogen-bond acceptors (Lipinski definition) is 6. The monoisotopic (exact) mass is 465 g/mol. The molecule has 8 nitrogen and oxygen atoms in total. The van der Waals surface area contributed by atoms with E-state index >= 15 is 0 Å². The lowest BCUT2D eigenvalue weighted by Crippen LogP contribution is -1.91. The predicted molar refractivity (Wildman–Crippen MR) is 116 cm³/mol. The molecule has 0 unspecified atom stereocenters. The fourth-order valence-corrected chi connectivity index (χ4v) is 3.54. The number of nitro groups is 2. The lowest BCUT2D eigenvalue weighted by Gasteiger charge is -2.01. The van der Waals surface area contributed by atoms with Crippen LogP contribution >= 0.6 is 15.9 Å². The molecule has 2 aromatic carbocycles. The largest absolute Gasteiger partial charge is 0.457 e. The van der Waals surface area contributed by atoms with E-state index in [1.165, 1.54) is 18.2 Å². The maximum absolute atomic E-state index is 11.1. The number of nitrogens with zero attached hydrogens (tertiary/aromatic N) is 3. The Labute approximate surface area is 177 Å². The Hall–Kier alpha value is -3.85. The van der Waals surface area contributed by atoms with Gasteiger partial charge in [-0.05, 0) is 64.5 Å². The first-order valence-corrected chi connectivity index (χ1v) is 9.48. The number of fused-ring (bicyclic) bond motifs is 1. The first kappa shape index (κ1) is 19.5. The van der Waals surface area contributed by atoms with Crippen molar-refractivity contribution in [2.45, 2.75) is 0 Å². The minimum Gasteiger partial charge on any atom is -0.457 e. The zero-order valence-corrected chi connectivity index (χ0v) is 16.8. The van der Waals surface area contributed by atoms with Crippen LogP contribution in [0.2, 0.25) is 0 Å². The molecule has 0 fully saturated rings. The Bertz CT molecular complexity index is 1330. The van der Waals surface area contributed by atoms with E-state index in [1.807, 2.05) is 0 Å². The van der Waals surface area contributed by atoms with Crippen LogP contribution in [0.25, 0.3) is 34.4 Å². The van der Waals surface area contributed by atoms with Crippen LogP contribution in [0, 0.1) is 20.2 Å². The average Bonchev–Trinajstić information content (AvgIpc) is 3.20. The molecule has 0 N–H and O–H groups in total. The van der Waals surface area contributed by atoms with Gasteiger partial charge in [0.1, 0.15) is 11.5 Å². The quantitative estimate of drug-likeness (QED) is 0.254. The molecule has 0 amide bonds. The fraction of sp³-hybridized carbons (Fsp3) is 0. The zero-order chi connectivity index (χ0) is 21.3. The Morgan fingerprint density at radius 2 is 1.77 bits per heavy atom. The molecular formula is C21H12BrN3O5. The minimum atomic E-state index is -0.462. The lowest BCUT2D eigenvalue weighted by atomic mass is 10.1. The molecule has 148 valence electrons. The number of halogens is 1. The molecule has 0 aliphatic heterocycles. The van der Waals surface area contributed by atoms with Gasteiger partial charge in [-0.2, -0.15) is 0 Å². The van der Waals surface area contributed by atoms with Gasteiger partial charge in [-0.15, -0.1) is 0 Å². The van der Waals surface area contributed by atoms with Gasteiger partial charge in [0.05, 0.1) is 26.4 Å². The van der Waals surface area contributed by atoms with Crippen molar-refractivity contribution >= 4 is 50.4 Å². The van der Waals surface area contributed by atoms with Crippen molar-refractivity contribution in [3.8, 4) is 11.3 Å². The van der Waals surface area contributed by atoms with Crippen molar-refractivity contribution in [3.63, 3.8) is 0 Å². The fourth-order valence-electron chi connectivity index (χ4n) is 2.98. The van der Waals surface area contributed by atoms with Crippen LogP contribution in [0.5, 0.6) is 0 Å². The first-order valence-electron chi connectivity index (χ1n) is 8.69. The molecule has 0 saturated carbocycles. The van der Waals surface area contributed by atoms with E-state index in [-0.39, 0.29) is 11.4 Å². The van der Waals surface area contributed by atoms with Crippen LogP contribution in [0.1, 0.15) is 11.5 Å². The summed E-state index contributed by atoms with van der Waals surface area (Å²) in [6.45, 7) is 0. The molecule has 2 aromatic heterocycles. The van der Waals surface area contributed by atoms with Crippen molar-refractivity contribution in [2.24, 2.45) is 0 Å². The number of rotatable bonds is 5. The molecule has 0 atom stereocenters. The van der Waals surface area contributed by atoms with Crippen LogP contribution < -0.4 is 0 Å². The lowest BCUT2D eigenvalue weighted by molar-refractivity contribution is -0.384. The second-order valence-electron chi connectivity index (χ2n) is 6.29. The Morgan fingerprint density at radius 1 is 0.933 bits per heavy atom. The second kappa shape index (κ2) is 7.88. The zero-order valence-electron chi connectivity index (χ0n) is 15.2. The van der Waals surface area contributed by atoms with Gasteiger partial charge in [-0.25, -0.2) is 4.98 Å². The van der Waals surface area contributed by atoms with Gasteiger partial charge in [0, 0.05) is 28.2 Å². The molecule has 0 aliphatic rings. The van der Waals surface area contributed by atoms with Crippen molar-refractivity contribution in [1.82, 2.24) is 4.98 Å². The topological polar surface area (TPSA) is 112 Å². The molecule has 4 rings (SSSR count). The highest BCUT2D eigenvalue weighted by atomic mass is 79.9. The second-order valence-corrected chi connectivity index (χ2v) is 7.15. The molecule has 0 bridgehead atoms. The van der Waals surface area contributed by atoms with E-state index in [1.54, 1.807) is 54.6 Å². The van der Waals surface area contributed by atoms with Crippen molar-refractivity contribution in [3.05, 3.63) is 96.8 Å². The molecular weight excluding hydrogens is 454 g/mol. The van der Waals surface area contributed by atoms with E-state index in [2.05, 4.69) is 20.9 Å². The third kappa shape index (κ3) is 3.83. The summed E-state index contributed by atoms with van der Waals surface area (Å²) in [5.74, 6) is 1.12. The summed E-state index contributed by atoms with van der Waals surface area (Å²) in [6, 6.07) is 16.1. The minimum absolute atomic E-state index is 0.0138. The molecule has 0 spiro atoms. The number of hydrogen-bond donors (Lipinski definition) is 0. The Balaban J connectivity index is 1.59. The smallest absolute Gasteiger partial charge is 0.278 e. The van der Waals surface area contributed by atoms with Crippen LogP contribution in [-0.4, -0.2) is 14.8 Å². The molecule has 0 saturated heterocycles. The van der Waals surface area contributed by atoms with Gasteiger partial charge in [0.25, 0.3) is 11.4 Å². The summed E-state index contributed by atoms with van der Waals surface area (Å²) in [4.78, 5) is 25.5. The molecule has 0 aliphatic carbocycles. The SMILES string of the molecule is O=[N+]([O-])c1ccc(-c2ccc(C=Cc3ccc4c([N+](=O)[O-])cccc4n3)o2)c(Br)c1. The van der Waals surface area contributed by atoms with Crippen LogP contribution in [0.15, 0.2) is 69.6 Å². The maximum atomic E-state index is 11.1. The molecule has 4 aromatic rings. The highest BCUT2D eigenvalue weighted by Gasteiger charge is 2.13.